The Morgan fingerprint density at radius 3 is 2.23 bits per heavy atom. The Balaban J connectivity index is 1.62. The van der Waals surface area contributed by atoms with Crippen LogP contribution in [0.15, 0.2) is 48.5 Å². The number of urea groups is 1. The second kappa shape index (κ2) is 9.28. The first-order valence-corrected chi connectivity index (χ1v) is 9.95. The van der Waals surface area contributed by atoms with Gasteiger partial charge in [0.25, 0.3) is 0 Å². The lowest BCUT2D eigenvalue weighted by Gasteiger charge is -2.31. The van der Waals surface area contributed by atoms with Crippen molar-refractivity contribution < 1.29 is 22.8 Å². The molecular weight excluding hydrogens is 409 g/mol. The fourth-order valence-corrected chi connectivity index (χ4v) is 3.51. The Kier molecular flexibility index (Phi) is 6.72. The summed E-state index contributed by atoms with van der Waals surface area (Å²) in [5, 5.41) is 5.47. The van der Waals surface area contributed by atoms with Gasteiger partial charge in [-0.05, 0) is 43.2 Å². The topological polar surface area (TPSA) is 64.7 Å². The average Bonchev–Trinajstić information content (AvgIpc) is 2.73. The van der Waals surface area contributed by atoms with E-state index in [0.717, 1.165) is 12.1 Å². The van der Waals surface area contributed by atoms with Crippen LogP contribution in [0.2, 0.25) is 0 Å². The number of hydrogen-bond donors (Lipinski definition) is 2. The Morgan fingerprint density at radius 1 is 1.00 bits per heavy atom. The van der Waals surface area contributed by atoms with Crippen LogP contribution in [0.25, 0.3) is 0 Å². The molecule has 3 amide bonds. The maximum atomic E-state index is 13.1. The lowest BCUT2D eigenvalue weighted by molar-refractivity contribution is -0.137. The highest BCUT2D eigenvalue weighted by atomic mass is 19.4. The highest BCUT2D eigenvalue weighted by Crippen LogP contribution is 2.35. The lowest BCUT2D eigenvalue weighted by atomic mass is 9.96. The number of likely N-dealkylation sites (tertiary alicyclic amines) is 1. The minimum absolute atomic E-state index is 0.120. The molecule has 0 bridgehead atoms. The third kappa shape index (κ3) is 5.68. The van der Waals surface area contributed by atoms with Crippen LogP contribution in [0.5, 0.6) is 0 Å². The molecule has 6 nitrogen and oxygen atoms in total. The van der Waals surface area contributed by atoms with Gasteiger partial charge in [0.1, 0.15) is 0 Å². The first kappa shape index (κ1) is 22.5. The summed E-state index contributed by atoms with van der Waals surface area (Å²) < 4.78 is 39.3. The highest BCUT2D eigenvalue weighted by molar-refractivity contribution is 5.96. The van der Waals surface area contributed by atoms with Crippen LogP contribution in [0.1, 0.15) is 18.4 Å². The molecule has 2 aromatic carbocycles. The van der Waals surface area contributed by atoms with Gasteiger partial charge in [-0.25, -0.2) is 4.79 Å². The summed E-state index contributed by atoms with van der Waals surface area (Å²) in [6.07, 6.45) is -3.63. The van der Waals surface area contributed by atoms with E-state index in [1.165, 1.54) is 6.07 Å². The maximum absolute atomic E-state index is 13.1. The number of para-hydroxylation sites is 1. The molecule has 0 unspecified atom stereocenters. The van der Waals surface area contributed by atoms with E-state index in [0.29, 0.717) is 37.3 Å². The number of rotatable bonds is 4. The van der Waals surface area contributed by atoms with Crippen molar-refractivity contribution >= 4 is 29.0 Å². The molecule has 0 aliphatic carbocycles. The van der Waals surface area contributed by atoms with Crippen LogP contribution in [-0.2, 0) is 11.0 Å². The van der Waals surface area contributed by atoms with Gasteiger partial charge in [-0.1, -0.05) is 18.2 Å². The third-order valence-corrected chi connectivity index (χ3v) is 5.24. The first-order valence-electron chi connectivity index (χ1n) is 9.95. The number of hydrogen-bond acceptors (Lipinski definition) is 3. The van der Waals surface area contributed by atoms with Gasteiger partial charge >= 0.3 is 12.2 Å². The van der Waals surface area contributed by atoms with Crippen LogP contribution < -0.4 is 15.5 Å². The van der Waals surface area contributed by atoms with Gasteiger partial charge < -0.3 is 20.4 Å². The predicted octanol–water partition coefficient (Wildman–Crippen LogP) is 4.65. The van der Waals surface area contributed by atoms with Crippen molar-refractivity contribution in [3.05, 3.63) is 54.1 Å². The van der Waals surface area contributed by atoms with Gasteiger partial charge in [-0.15, -0.1) is 0 Å². The van der Waals surface area contributed by atoms with E-state index in [9.17, 15) is 22.8 Å². The molecule has 0 atom stereocenters. The van der Waals surface area contributed by atoms with Crippen molar-refractivity contribution in [2.45, 2.75) is 19.0 Å². The van der Waals surface area contributed by atoms with E-state index >= 15 is 0 Å². The summed E-state index contributed by atoms with van der Waals surface area (Å²) in [5.41, 5.74) is 0.476. The van der Waals surface area contributed by atoms with Crippen LogP contribution >= 0.6 is 0 Å². The molecule has 0 aromatic heterocycles. The van der Waals surface area contributed by atoms with E-state index in [-0.39, 0.29) is 23.5 Å². The van der Waals surface area contributed by atoms with E-state index in [4.69, 9.17) is 0 Å². The number of halogens is 3. The maximum Gasteiger partial charge on any atom is 0.416 e. The molecule has 0 saturated carbocycles. The second-order valence-electron chi connectivity index (χ2n) is 7.67. The summed E-state index contributed by atoms with van der Waals surface area (Å²) in [5.74, 6) is -0.726. The average molecular weight is 434 g/mol. The summed E-state index contributed by atoms with van der Waals surface area (Å²) in [6, 6.07) is 12.1. The van der Waals surface area contributed by atoms with Gasteiger partial charge in [0.05, 0.1) is 16.9 Å². The second-order valence-corrected chi connectivity index (χ2v) is 7.67. The number of alkyl halides is 3. The molecule has 31 heavy (non-hydrogen) atoms. The summed E-state index contributed by atoms with van der Waals surface area (Å²) in [6.45, 7) is 0.778. The minimum Gasteiger partial charge on any atom is -0.376 e. The van der Waals surface area contributed by atoms with Gasteiger partial charge in [0.2, 0.25) is 5.91 Å². The predicted molar refractivity (Wildman–Crippen MR) is 114 cm³/mol. The van der Waals surface area contributed by atoms with Crippen molar-refractivity contribution in [3.8, 4) is 0 Å². The highest BCUT2D eigenvalue weighted by Gasteiger charge is 2.32. The molecule has 1 heterocycles. The standard InChI is InChI=1S/C22H25F3N4O2/c1-28(2)19-9-8-16(22(23,24)25)14-18(19)27-20(30)15-10-12-29(13-11-15)21(31)26-17-6-4-3-5-7-17/h3-9,14-15H,10-13H2,1-2H3,(H,26,31)(H,27,30). The lowest BCUT2D eigenvalue weighted by Crippen LogP contribution is -2.43. The number of amides is 3. The molecule has 2 aromatic rings. The largest absolute Gasteiger partial charge is 0.416 e. The van der Waals surface area contributed by atoms with E-state index in [2.05, 4.69) is 10.6 Å². The van der Waals surface area contributed by atoms with Crippen LogP contribution in [0.4, 0.5) is 35.0 Å². The monoisotopic (exact) mass is 434 g/mol. The molecule has 2 N–H and O–H groups in total. The van der Waals surface area contributed by atoms with Crippen molar-refractivity contribution in [2.75, 3.05) is 42.7 Å². The molecule has 1 aliphatic rings. The fraction of sp³-hybridized carbons (Fsp3) is 0.364. The van der Waals surface area contributed by atoms with E-state index in [1.807, 2.05) is 18.2 Å². The number of anilines is 3. The number of carbonyl (C=O) groups excluding carboxylic acids is 2. The molecule has 1 saturated heterocycles. The molecule has 1 aliphatic heterocycles. The Labute approximate surface area is 179 Å². The zero-order valence-electron chi connectivity index (χ0n) is 17.4. The first-order chi connectivity index (χ1) is 14.6. The zero-order chi connectivity index (χ0) is 22.6. The minimum atomic E-state index is -4.50. The Morgan fingerprint density at radius 2 is 1.65 bits per heavy atom. The van der Waals surface area contributed by atoms with Gasteiger partial charge in [0, 0.05) is 38.8 Å². The molecule has 166 valence electrons. The molecule has 0 radical (unpaired) electrons. The van der Waals surface area contributed by atoms with Crippen LogP contribution in [0.3, 0.4) is 0 Å². The van der Waals surface area contributed by atoms with Crippen molar-refractivity contribution in [1.29, 1.82) is 0 Å². The SMILES string of the molecule is CN(C)c1ccc(C(F)(F)F)cc1NC(=O)C1CCN(C(=O)Nc2ccccc2)CC1. The Bertz CT molecular complexity index is 924. The quantitative estimate of drug-likeness (QED) is 0.736. The summed E-state index contributed by atoms with van der Waals surface area (Å²) in [7, 11) is 3.39. The van der Waals surface area contributed by atoms with Crippen molar-refractivity contribution in [2.24, 2.45) is 5.92 Å². The van der Waals surface area contributed by atoms with Gasteiger partial charge in [-0.3, -0.25) is 4.79 Å². The zero-order valence-corrected chi connectivity index (χ0v) is 17.4. The fourth-order valence-electron chi connectivity index (χ4n) is 3.51. The molecule has 1 fully saturated rings. The summed E-state index contributed by atoms with van der Waals surface area (Å²) >= 11 is 0. The third-order valence-electron chi connectivity index (χ3n) is 5.24. The molecule has 9 heteroatoms. The van der Waals surface area contributed by atoms with Crippen molar-refractivity contribution in [3.63, 3.8) is 0 Å². The Hall–Kier alpha value is -3.23. The number of piperidine rings is 1. The molecule has 3 rings (SSSR count). The smallest absolute Gasteiger partial charge is 0.376 e. The molecular formula is C22H25F3N4O2. The van der Waals surface area contributed by atoms with Gasteiger partial charge in [-0.2, -0.15) is 13.2 Å². The number of nitrogens with zero attached hydrogens (tertiary/aromatic N) is 2. The normalized spacial score (nSPS) is 14.8. The van der Waals surface area contributed by atoms with E-state index < -0.39 is 11.7 Å². The van der Waals surface area contributed by atoms with Crippen LogP contribution in [-0.4, -0.2) is 44.0 Å². The number of benzene rings is 2. The van der Waals surface area contributed by atoms with Gasteiger partial charge in [0.15, 0.2) is 0 Å². The number of carbonyl (C=O) groups is 2. The van der Waals surface area contributed by atoms with Crippen molar-refractivity contribution in [1.82, 2.24) is 4.90 Å². The number of nitrogens with one attached hydrogen (secondary N) is 2. The molecule has 0 spiro atoms. The van der Waals surface area contributed by atoms with E-state index in [1.54, 1.807) is 36.0 Å². The van der Waals surface area contributed by atoms with Crippen LogP contribution in [0, 0.1) is 5.92 Å². The summed E-state index contributed by atoms with van der Waals surface area (Å²) in [4.78, 5) is 28.4.